The number of hydrogen-bond donors (Lipinski definition) is 3. The second-order valence-electron chi connectivity index (χ2n) is 22.8. The Morgan fingerprint density at radius 1 is 0.311 bits per heavy atom. The molecule has 0 aliphatic carbocycles. The van der Waals surface area contributed by atoms with Crippen LogP contribution < -0.4 is 4.90 Å². The van der Waals surface area contributed by atoms with Gasteiger partial charge in [-0.1, -0.05) is 158 Å². The molecule has 8 bridgehead atoms. The topological polar surface area (TPSA) is 108 Å². The fourth-order valence-electron chi connectivity index (χ4n) is 13.5. The lowest BCUT2D eigenvalue weighted by Gasteiger charge is -2.26. The molecule has 0 atom stereocenters. The highest BCUT2D eigenvalue weighted by Crippen LogP contribution is 2.43. The zero-order valence-electron chi connectivity index (χ0n) is 48.5. The minimum atomic E-state index is -0.983. The first-order valence-corrected chi connectivity index (χ1v) is 30.1. The second-order valence-corrected chi connectivity index (χ2v) is 22.8. The van der Waals surface area contributed by atoms with E-state index in [1.807, 2.05) is 24.3 Å². The maximum absolute atomic E-state index is 12.1. The highest BCUT2D eigenvalue weighted by atomic mass is 16.4. The van der Waals surface area contributed by atoms with Crippen molar-refractivity contribution in [2.75, 3.05) is 4.90 Å². The number of nitrogens with zero attached hydrogens (tertiary/aromatic N) is 5. The molecule has 90 heavy (non-hydrogen) atoms. The summed E-state index contributed by atoms with van der Waals surface area (Å²) in [4.78, 5) is 33.2. The summed E-state index contributed by atoms with van der Waals surface area (Å²) in [6, 6.07) is 97.5. The SMILES string of the molecule is O=C(O)c1ccc(-c2c3nc(c(-c4ccccc4)c4ccc([nH]4)c(-c4ccc(N(c5ccc(-n6c7ccccc7c7ccccc76)cc5)c5ccc(-n6c7ccccc7c7ccccc76)cc5)cc4)c4nc(c(-c5ccccc5)c5ccc2[nH]5)C=C4)C=C3)cc1. The second kappa shape index (κ2) is 21.3. The van der Waals surface area contributed by atoms with Gasteiger partial charge in [0, 0.05) is 94.3 Å². The van der Waals surface area contributed by atoms with Crippen LogP contribution in [0.15, 0.2) is 279 Å². The van der Waals surface area contributed by atoms with E-state index in [1.54, 1.807) is 12.1 Å². The maximum atomic E-state index is 12.1. The summed E-state index contributed by atoms with van der Waals surface area (Å²) in [5.41, 5.74) is 24.1. The molecule has 17 rings (SSSR count). The number of aromatic amines is 2. The predicted octanol–water partition coefficient (Wildman–Crippen LogP) is 20.7. The highest BCUT2D eigenvalue weighted by molar-refractivity contribution is 6.11. The summed E-state index contributed by atoms with van der Waals surface area (Å²) in [5, 5.41) is 14.8. The van der Waals surface area contributed by atoms with Gasteiger partial charge < -0.3 is 29.1 Å². The molecule has 0 unspecified atom stereocenters. The molecule has 15 aromatic rings. The Labute approximate surface area is 517 Å². The molecule has 3 N–H and O–H groups in total. The van der Waals surface area contributed by atoms with Crippen LogP contribution in [-0.2, 0) is 0 Å². The fourth-order valence-corrected chi connectivity index (χ4v) is 13.5. The first-order chi connectivity index (χ1) is 44.5. The molecule has 0 saturated carbocycles. The number of benzene rings is 10. The summed E-state index contributed by atoms with van der Waals surface area (Å²) in [7, 11) is 0. The van der Waals surface area contributed by atoms with Crippen LogP contribution in [0, 0.1) is 0 Å². The van der Waals surface area contributed by atoms with Crippen LogP contribution in [0.5, 0.6) is 0 Å². The predicted molar refractivity (Wildman–Crippen MR) is 371 cm³/mol. The number of carboxylic acid groups (broad SMARTS) is 1. The van der Waals surface area contributed by atoms with Gasteiger partial charge in [-0.3, -0.25) is 0 Å². The normalized spacial score (nSPS) is 12.0. The fraction of sp³-hybridized carbons (Fsp3) is 0. The number of carbonyl (C=O) groups is 1. The van der Waals surface area contributed by atoms with Crippen molar-refractivity contribution in [1.82, 2.24) is 29.1 Å². The molecule has 0 fully saturated rings. The number of H-pyrrole nitrogens is 2. The van der Waals surface area contributed by atoms with Crippen molar-refractivity contribution < 1.29 is 9.90 Å². The quantitative estimate of drug-likeness (QED) is 0.126. The maximum Gasteiger partial charge on any atom is 0.335 e. The summed E-state index contributed by atoms with van der Waals surface area (Å²) in [6.45, 7) is 0. The first-order valence-electron chi connectivity index (χ1n) is 30.1. The van der Waals surface area contributed by atoms with Crippen LogP contribution in [-0.4, -0.2) is 40.1 Å². The molecular weight excluding hydrogens is 1100 g/mol. The molecule has 0 saturated heterocycles. The van der Waals surface area contributed by atoms with E-state index in [-0.39, 0.29) is 5.56 Å². The number of aromatic nitrogens is 6. The van der Waals surface area contributed by atoms with Gasteiger partial charge in [0.1, 0.15) is 0 Å². The van der Waals surface area contributed by atoms with E-state index in [2.05, 4.69) is 291 Å². The lowest BCUT2D eigenvalue weighted by Crippen LogP contribution is -2.10. The lowest BCUT2D eigenvalue weighted by molar-refractivity contribution is 0.0697. The van der Waals surface area contributed by atoms with Crippen molar-refractivity contribution in [1.29, 1.82) is 0 Å². The summed E-state index contributed by atoms with van der Waals surface area (Å²) in [5.74, 6) is -0.983. The highest BCUT2D eigenvalue weighted by Gasteiger charge is 2.22. The lowest BCUT2D eigenvalue weighted by atomic mass is 10.0. The Bertz CT molecular complexity index is 5300. The van der Waals surface area contributed by atoms with E-state index in [9.17, 15) is 9.90 Å². The van der Waals surface area contributed by atoms with Gasteiger partial charge in [-0.25, -0.2) is 14.8 Å². The third-order valence-corrected chi connectivity index (χ3v) is 17.6. The summed E-state index contributed by atoms with van der Waals surface area (Å²) >= 11 is 0. The number of carboxylic acids is 1. The Hall–Kier alpha value is -12.3. The number of rotatable bonds is 10. The molecule has 9 heteroatoms. The van der Waals surface area contributed by atoms with E-state index >= 15 is 0 Å². The van der Waals surface area contributed by atoms with Crippen molar-refractivity contribution in [2.24, 2.45) is 0 Å². The Morgan fingerprint density at radius 3 is 0.911 bits per heavy atom. The van der Waals surface area contributed by atoms with Gasteiger partial charge in [-0.15, -0.1) is 0 Å². The first kappa shape index (κ1) is 52.0. The van der Waals surface area contributed by atoms with E-state index in [1.165, 1.54) is 21.5 Å². The van der Waals surface area contributed by atoms with E-state index in [0.29, 0.717) is 0 Å². The van der Waals surface area contributed by atoms with Crippen LogP contribution in [0.2, 0.25) is 0 Å². The number of nitrogens with one attached hydrogen (secondary N) is 2. The van der Waals surface area contributed by atoms with E-state index in [0.717, 1.165) is 140 Å². The number of anilines is 3. The summed E-state index contributed by atoms with van der Waals surface area (Å²) in [6.07, 6.45) is 8.37. The zero-order chi connectivity index (χ0) is 59.8. The van der Waals surface area contributed by atoms with Gasteiger partial charge in [0.15, 0.2) is 0 Å². The Balaban J connectivity index is 0.857. The van der Waals surface area contributed by atoms with Gasteiger partial charge in [0.05, 0.1) is 50.4 Å². The molecule has 0 radical (unpaired) electrons. The molecule has 9 nitrogen and oxygen atoms in total. The third-order valence-electron chi connectivity index (χ3n) is 17.6. The van der Waals surface area contributed by atoms with Gasteiger partial charge in [-0.2, -0.15) is 0 Å². The number of aromatic carboxylic acids is 1. The van der Waals surface area contributed by atoms with Crippen molar-refractivity contribution in [3.05, 3.63) is 307 Å². The number of hydrogen-bond acceptors (Lipinski definition) is 4. The average Bonchev–Trinajstić information content (AvgIpc) is 1.90. The van der Waals surface area contributed by atoms with Gasteiger partial charge in [0.25, 0.3) is 0 Å². The van der Waals surface area contributed by atoms with Crippen molar-refractivity contribution in [3.63, 3.8) is 0 Å². The molecule has 2 aliphatic rings. The standard InChI is InChI=1S/C81H53N7O2/c89-81(90)55-29-27-53(28-30-55)79-69-47-43-65(82-69)77(51-15-3-1-4-16-51)67-45-49-71(84-67)80(72-50-46-68(85-72)78(52-17-5-2-6-18-52)66-44-48-70(79)83-66)54-31-33-56(34-32-54)86(57-35-39-59(40-36-57)87-73-23-11-7-19-61(73)62-20-8-12-24-74(62)87)58-37-41-60(42-38-58)88-75-25-13-9-21-63(75)64-22-10-14-26-76(64)88/h1-50,82,85H,(H,89,90). The molecule has 0 amide bonds. The van der Waals surface area contributed by atoms with Gasteiger partial charge in [0.2, 0.25) is 0 Å². The van der Waals surface area contributed by atoms with E-state index < -0.39 is 5.97 Å². The molecular formula is C81H53N7O2. The largest absolute Gasteiger partial charge is 0.478 e. The minimum absolute atomic E-state index is 0.209. The number of fused-ring (bicyclic) bond motifs is 14. The van der Waals surface area contributed by atoms with Gasteiger partial charge in [-0.05, 0) is 168 Å². The zero-order valence-corrected chi connectivity index (χ0v) is 48.5. The van der Waals surface area contributed by atoms with Crippen molar-refractivity contribution in [3.8, 4) is 55.9 Å². The smallest absolute Gasteiger partial charge is 0.335 e. The monoisotopic (exact) mass is 1160 g/mol. The van der Waals surface area contributed by atoms with Crippen LogP contribution in [0.1, 0.15) is 33.1 Å². The van der Waals surface area contributed by atoms with Crippen LogP contribution in [0.4, 0.5) is 17.1 Å². The van der Waals surface area contributed by atoms with Crippen molar-refractivity contribution >= 4 is 113 Å². The van der Waals surface area contributed by atoms with Crippen LogP contribution in [0.25, 0.3) is 146 Å². The van der Waals surface area contributed by atoms with Crippen molar-refractivity contribution in [2.45, 2.75) is 0 Å². The van der Waals surface area contributed by atoms with Crippen LogP contribution >= 0.6 is 0 Å². The average molecular weight is 1160 g/mol. The molecule has 424 valence electrons. The Kier molecular flexibility index (Phi) is 12.3. The summed E-state index contributed by atoms with van der Waals surface area (Å²) < 4.78 is 4.72. The molecule has 2 aliphatic heterocycles. The third kappa shape index (κ3) is 8.74. The molecule has 5 aromatic heterocycles. The van der Waals surface area contributed by atoms with Gasteiger partial charge >= 0.3 is 5.97 Å². The number of para-hydroxylation sites is 4. The molecule has 7 heterocycles. The Morgan fingerprint density at radius 2 is 0.589 bits per heavy atom. The van der Waals surface area contributed by atoms with Crippen LogP contribution in [0.3, 0.4) is 0 Å². The minimum Gasteiger partial charge on any atom is -0.478 e. The molecule has 10 aromatic carbocycles. The van der Waals surface area contributed by atoms with E-state index in [4.69, 9.17) is 9.97 Å². The molecule has 0 spiro atoms.